The standard InChI is InChI=1S/C31H29N3O4/c1-19(2)38-29-12-10-21(8-7-20-9-11-22-16-33-30(36)26(22)13-20)14-27(29)31(37)34-24(18-35)15-23-17-32-28-6-4-3-5-25(23)28/h3-6,9-14,17,19,24,32,35H,15-16,18H2,1-2H3,(H,33,36)(H,34,37)/t24-/m1/s1. The van der Waals surface area contributed by atoms with E-state index in [1.165, 1.54) is 0 Å². The van der Waals surface area contributed by atoms with E-state index in [1.807, 2.05) is 56.4 Å². The summed E-state index contributed by atoms with van der Waals surface area (Å²) < 4.78 is 5.90. The summed E-state index contributed by atoms with van der Waals surface area (Å²) in [6.45, 7) is 4.11. The zero-order chi connectivity index (χ0) is 26.6. The van der Waals surface area contributed by atoms with Gasteiger partial charge in [-0.05, 0) is 67.8 Å². The first-order chi connectivity index (χ1) is 18.4. The predicted molar refractivity (Wildman–Crippen MR) is 146 cm³/mol. The molecule has 5 rings (SSSR count). The van der Waals surface area contributed by atoms with Gasteiger partial charge in [0.1, 0.15) is 5.75 Å². The van der Waals surface area contributed by atoms with Gasteiger partial charge < -0.3 is 25.5 Å². The number of H-pyrrole nitrogens is 1. The van der Waals surface area contributed by atoms with Crippen LogP contribution in [-0.4, -0.2) is 40.7 Å². The van der Waals surface area contributed by atoms with Crippen molar-refractivity contribution >= 4 is 22.7 Å². The summed E-state index contributed by atoms with van der Waals surface area (Å²) in [5.74, 6) is 6.19. The first-order valence-corrected chi connectivity index (χ1v) is 12.6. The van der Waals surface area contributed by atoms with E-state index in [9.17, 15) is 14.7 Å². The van der Waals surface area contributed by atoms with Crippen LogP contribution in [0.1, 0.15) is 56.8 Å². The molecule has 192 valence electrons. The number of amides is 2. The number of ether oxygens (including phenoxy) is 1. The van der Waals surface area contributed by atoms with E-state index in [1.54, 1.807) is 24.3 Å². The van der Waals surface area contributed by atoms with Gasteiger partial charge in [0, 0.05) is 40.3 Å². The lowest BCUT2D eigenvalue weighted by Crippen LogP contribution is -2.39. The van der Waals surface area contributed by atoms with E-state index in [0.717, 1.165) is 22.0 Å². The topological polar surface area (TPSA) is 103 Å². The Morgan fingerprint density at radius 3 is 2.63 bits per heavy atom. The molecule has 1 aliphatic rings. The maximum absolute atomic E-state index is 13.4. The molecule has 3 aromatic carbocycles. The van der Waals surface area contributed by atoms with Gasteiger partial charge in [0.2, 0.25) is 0 Å². The Labute approximate surface area is 221 Å². The lowest BCUT2D eigenvalue weighted by Gasteiger charge is -2.19. The average Bonchev–Trinajstić information content (AvgIpc) is 3.50. The summed E-state index contributed by atoms with van der Waals surface area (Å²) in [6, 6.07) is 18.2. The summed E-state index contributed by atoms with van der Waals surface area (Å²) in [6.07, 6.45) is 2.25. The van der Waals surface area contributed by atoms with Gasteiger partial charge in [0.15, 0.2) is 0 Å². The van der Waals surface area contributed by atoms with Gasteiger partial charge in [0.25, 0.3) is 11.8 Å². The van der Waals surface area contributed by atoms with Crippen molar-refractivity contribution in [3.8, 4) is 17.6 Å². The third kappa shape index (κ3) is 5.41. The molecule has 0 spiro atoms. The summed E-state index contributed by atoms with van der Waals surface area (Å²) in [5.41, 5.74) is 5.32. The molecule has 1 aliphatic heterocycles. The van der Waals surface area contributed by atoms with Crippen molar-refractivity contribution in [1.82, 2.24) is 15.6 Å². The lowest BCUT2D eigenvalue weighted by molar-refractivity contribution is 0.0909. The maximum atomic E-state index is 13.4. The van der Waals surface area contributed by atoms with Gasteiger partial charge in [-0.3, -0.25) is 9.59 Å². The van der Waals surface area contributed by atoms with Crippen LogP contribution in [0.5, 0.6) is 5.75 Å². The number of carbonyl (C=O) groups excluding carboxylic acids is 2. The number of rotatable bonds is 7. The molecular weight excluding hydrogens is 478 g/mol. The molecule has 0 saturated carbocycles. The monoisotopic (exact) mass is 507 g/mol. The summed E-state index contributed by atoms with van der Waals surface area (Å²) >= 11 is 0. The molecular formula is C31H29N3O4. The van der Waals surface area contributed by atoms with Gasteiger partial charge in [-0.2, -0.15) is 0 Å². The largest absolute Gasteiger partial charge is 0.490 e. The summed E-state index contributed by atoms with van der Waals surface area (Å²) in [7, 11) is 0. The van der Waals surface area contributed by atoms with Crippen molar-refractivity contribution < 1.29 is 19.4 Å². The second-order valence-corrected chi connectivity index (χ2v) is 9.60. The number of hydrogen-bond acceptors (Lipinski definition) is 4. The maximum Gasteiger partial charge on any atom is 0.255 e. The van der Waals surface area contributed by atoms with Crippen molar-refractivity contribution in [2.75, 3.05) is 6.61 Å². The molecule has 4 N–H and O–H groups in total. The van der Waals surface area contributed by atoms with Crippen molar-refractivity contribution in [2.24, 2.45) is 0 Å². The molecule has 0 radical (unpaired) electrons. The van der Waals surface area contributed by atoms with Crippen LogP contribution < -0.4 is 15.4 Å². The smallest absolute Gasteiger partial charge is 0.255 e. The number of aliphatic hydroxyl groups is 1. The van der Waals surface area contributed by atoms with E-state index in [-0.39, 0.29) is 24.5 Å². The molecule has 0 unspecified atom stereocenters. The fraction of sp³-hybridized carbons (Fsp3) is 0.226. The van der Waals surface area contributed by atoms with Gasteiger partial charge >= 0.3 is 0 Å². The quantitative estimate of drug-likeness (QED) is 0.285. The highest BCUT2D eigenvalue weighted by molar-refractivity contribution is 5.99. The molecule has 38 heavy (non-hydrogen) atoms. The molecule has 0 saturated heterocycles. The molecule has 7 heteroatoms. The minimum atomic E-state index is -0.485. The zero-order valence-electron chi connectivity index (χ0n) is 21.3. The fourth-order valence-electron chi connectivity index (χ4n) is 4.57. The van der Waals surface area contributed by atoms with Crippen molar-refractivity contribution in [2.45, 2.75) is 39.0 Å². The number of para-hydroxylation sites is 1. The highest BCUT2D eigenvalue weighted by atomic mass is 16.5. The van der Waals surface area contributed by atoms with Crippen molar-refractivity contribution in [3.63, 3.8) is 0 Å². The Morgan fingerprint density at radius 1 is 1.08 bits per heavy atom. The van der Waals surface area contributed by atoms with Crippen molar-refractivity contribution in [1.29, 1.82) is 0 Å². The van der Waals surface area contributed by atoms with Gasteiger partial charge in [-0.15, -0.1) is 0 Å². The van der Waals surface area contributed by atoms with Gasteiger partial charge in [0.05, 0.1) is 24.3 Å². The number of fused-ring (bicyclic) bond motifs is 2. The van der Waals surface area contributed by atoms with Crippen LogP contribution in [0.4, 0.5) is 0 Å². The normalized spacial score (nSPS) is 13.0. The van der Waals surface area contributed by atoms with Crippen molar-refractivity contribution in [3.05, 3.63) is 100 Å². The number of aliphatic hydroxyl groups excluding tert-OH is 1. The molecule has 2 amide bonds. The minimum absolute atomic E-state index is 0.0936. The zero-order valence-corrected chi connectivity index (χ0v) is 21.3. The molecule has 2 heterocycles. The molecule has 0 aliphatic carbocycles. The van der Waals surface area contributed by atoms with E-state index < -0.39 is 6.04 Å². The number of aromatic amines is 1. The van der Waals surface area contributed by atoms with Crippen LogP contribution in [-0.2, 0) is 13.0 Å². The fourth-order valence-corrected chi connectivity index (χ4v) is 4.57. The first-order valence-electron chi connectivity index (χ1n) is 12.6. The third-order valence-electron chi connectivity index (χ3n) is 6.43. The molecule has 4 aromatic rings. The predicted octanol–water partition coefficient (Wildman–Crippen LogP) is 3.93. The van der Waals surface area contributed by atoms with Gasteiger partial charge in [-0.1, -0.05) is 36.1 Å². The van der Waals surface area contributed by atoms with Crippen LogP contribution >= 0.6 is 0 Å². The molecule has 1 aromatic heterocycles. The van der Waals surface area contributed by atoms with Crippen LogP contribution in [0, 0.1) is 11.8 Å². The lowest BCUT2D eigenvalue weighted by atomic mass is 10.0. The number of benzene rings is 3. The average molecular weight is 508 g/mol. The molecule has 1 atom stereocenters. The number of aromatic nitrogens is 1. The Bertz CT molecular complexity index is 1580. The highest BCUT2D eigenvalue weighted by Crippen LogP contribution is 2.23. The first kappa shape index (κ1) is 25.1. The molecule has 7 nitrogen and oxygen atoms in total. The number of hydrogen-bond donors (Lipinski definition) is 4. The van der Waals surface area contributed by atoms with Crippen LogP contribution in [0.2, 0.25) is 0 Å². The Hall–Kier alpha value is -4.54. The van der Waals surface area contributed by atoms with Crippen LogP contribution in [0.25, 0.3) is 10.9 Å². The van der Waals surface area contributed by atoms with E-state index in [4.69, 9.17) is 4.74 Å². The Balaban J connectivity index is 1.38. The summed E-state index contributed by atoms with van der Waals surface area (Å²) in [4.78, 5) is 28.6. The molecule has 0 fully saturated rings. The Morgan fingerprint density at radius 2 is 1.84 bits per heavy atom. The molecule has 0 bridgehead atoms. The summed E-state index contributed by atoms with van der Waals surface area (Å²) in [5, 5.41) is 16.9. The SMILES string of the molecule is CC(C)Oc1ccc(C#Cc2ccc3c(c2)C(=O)NC3)cc1C(=O)N[C@@H](CO)Cc1c[nH]c2ccccc12. The second kappa shape index (κ2) is 10.8. The van der Waals surface area contributed by atoms with Gasteiger partial charge in [-0.25, -0.2) is 0 Å². The van der Waals surface area contributed by atoms with Crippen LogP contribution in [0.3, 0.4) is 0 Å². The van der Waals surface area contributed by atoms with E-state index in [0.29, 0.717) is 41.0 Å². The third-order valence-corrected chi connectivity index (χ3v) is 6.43. The second-order valence-electron chi connectivity index (χ2n) is 9.60. The van der Waals surface area contributed by atoms with E-state index in [2.05, 4.69) is 27.5 Å². The number of nitrogens with one attached hydrogen (secondary N) is 3. The van der Waals surface area contributed by atoms with E-state index >= 15 is 0 Å². The minimum Gasteiger partial charge on any atom is -0.490 e. The highest BCUT2D eigenvalue weighted by Gasteiger charge is 2.20. The Kier molecular flexibility index (Phi) is 7.16. The number of carbonyl (C=O) groups is 2. The van der Waals surface area contributed by atoms with Crippen LogP contribution in [0.15, 0.2) is 66.9 Å².